The van der Waals surface area contributed by atoms with Crippen molar-refractivity contribution in [3.8, 4) is 0 Å². The number of aliphatic carboxylic acids is 1. The Labute approximate surface area is 109 Å². The van der Waals surface area contributed by atoms with Crippen LogP contribution in [0.3, 0.4) is 0 Å². The quantitative estimate of drug-likeness (QED) is 0.816. The van der Waals surface area contributed by atoms with Crippen molar-refractivity contribution in [2.24, 2.45) is 0 Å². The molecule has 1 aromatic rings. The van der Waals surface area contributed by atoms with Gasteiger partial charge in [0, 0.05) is 20.0 Å². The maximum Gasteiger partial charge on any atom is 0.328 e. The van der Waals surface area contributed by atoms with Gasteiger partial charge in [-0.05, 0) is 12.1 Å². The molecule has 0 aromatic carbocycles. The van der Waals surface area contributed by atoms with Gasteiger partial charge in [-0.3, -0.25) is 9.59 Å². The van der Waals surface area contributed by atoms with Gasteiger partial charge in [0.05, 0.1) is 12.8 Å². The Morgan fingerprint density at radius 1 is 1.37 bits per heavy atom. The van der Waals surface area contributed by atoms with Crippen molar-refractivity contribution < 1.29 is 23.9 Å². The van der Waals surface area contributed by atoms with Gasteiger partial charge in [0.1, 0.15) is 6.04 Å². The minimum Gasteiger partial charge on any atom is -0.480 e. The van der Waals surface area contributed by atoms with Crippen molar-refractivity contribution in [1.29, 1.82) is 0 Å². The van der Waals surface area contributed by atoms with Gasteiger partial charge >= 0.3 is 5.97 Å². The number of hydrogen-bond acceptors (Lipinski definition) is 4. The Morgan fingerprint density at radius 2 is 2.11 bits per heavy atom. The van der Waals surface area contributed by atoms with Crippen LogP contribution in [0, 0.1) is 0 Å². The molecular formula is C12H14N2O5. The Balaban J connectivity index is 2.13. The SMILES string of the molecule is CC(=O)N1CCN(C(=O)c2ccco2)CC1C(=O)O. The van der Waals surface area contributed by atoms with Crippen LogP contribution < -0.4 is 0 Å². The third-order valence-electron chi connectivity index (χ3n) is 3.09. The number of piperazine rings is 1. The zero-order valence-corrected chi connectivity index (χ0v) is 10.4. The summed E-state index contributed by atoms with van der Waals surface area (Å²) in [6.07, 6.45) is 1.38. The molecule has 102 valence electrons. The summed E-state index contributed by atoms with van der Waals surface area (Å²) in [4.78, 5) is 37.2. The maximum absolute atomic E-state index is 12.0. The van der Waals surface area contributed by atoms with E-state index < -0.39 is 12.0 Å². The molecule has 7 heteroatoms. The fraction of sp³-hybridized carbons (Fsp3) is 0.417. The van der Waals surface area contributed by atoms with E-state index >= 15 is 0 Å². The van der Waals surface area contributed by atoms with E-state index in [2.05, 4.69) is 0 Å². The molecule has 1 aliphatic rings. The van der Waals surface area contributed by atoms with E-state index in [0.29, 0.717) is 6.54 Å². The lowest BCUT2D eigenvalue weighted by Gasteiger charge is -2.38. The molecule has 1 N–H and O–H groups in total. The summed E-state index contributed by atoms with van der Waals surface area (Å²) in [5.74, 6) is -1.62. The standard InChI is InChI=1S/C12H14N2O5/c1-8(15)14-5-4-13(7-9(14)12(17)18)11(16)10-3-2-6-19-10/h2-3,6,9H,4-5,7H2,1H3,(H,17,18). The van der Waals surface area contributed by atoms with Gasteiger partial charge in [0.2, 0.25) is 5.91 Å². The van der Waals surface area contributed by atoms with Gasteiger partial charge in [-0.2, -0.15) is 0 Å². The largest absolute Gasteiger partial charge is 0.480 e. The normalized spacial score (nSPS) is 19.3. The van der Waals surface area contributed by atoms with E-state index in [-0.39, 0.29) is 30.7 Å². The van der Waals surface area contributed by atoms with E-state index in [1.165, 1.54) is 29.1 Å². The lowest BCUT2D eigenvalue weighted by molar-refractivity contribution is -0.152. The van der Waals surface area contributed by atoms with E-state index in [1.807, 2.05) is 0 Å². The van der Waals surface area contributed by atoms with E-state index in [0.717, 1.165) is 0 Å². The Hall–Kier alpha value is -2.31. The molecule has 0 bridgehead atoms. The van der Waals surface area contributed by atoms with Crippen LogP contribution in [-0.4, -0.2) is 58.4 Å². The second-order valence-electron chi connectivity index (χ2n) is 4.29. The van der Waals surface area contributed by atoms with Crippen LogP contribution in [0.15, 0.2) is 22.8 Å². The molecular weight excluding hydrogens is 252 g/mol. The van der Waals surface area contributed by atoms with Crippen LogP contribution in [0.25, 0.3) is 0 Å². The summed E-state index contributed by atoms with van der Waals surface area (Å²) in [7, 11) is 0. The first-order valence-corrected chi connectivity index (χ1v) is 5.83. The van der Waals surface area contributed by atoms with Crippen LogP contribution >= 0.6 is 0 Å². The number of hydrogen-bond donors (Lipinski definition) is 1. The molecule has 2 amide bonds. The molecule has 1 atom stereocenters. The number of rotatable bonds is 2. The average Bonchev–Trinajstić information content (AvgIpc) is 2.90. The summed E-state index contributed by atoms with van der Waals surface area (Å²) in [6, 6.07) is 2.11. The van der Waals surface area contributed by atoms with Crippen molar-refractivity contribution in [3.05, 3.63) is 24.2 Å². The fourth-order valence-corrected chi connectivity index (χ4v) is 2.11. The predicted molar refractivity (Wildman–Crippen MR) is 63.4 cm³/mol. The first-order chi connectivity index (χ1) is 9.00. The topological polar surface area (TPSA) is 91.1 Å². The molecule has 1 fully saturated rings. The summed E-state index contributed by atoms with van der Waals surface area (Å²) in [5.41, 5.74) is 0. The molecule has 19 heavy (non-hydrogen) atoms. The molecule has 1 saturated heterocycles. The smallest absolute Gasteiger partial charge is 0.328 e. The summed E-state index contributed by atoms with van der Waals surface area (Å²) in [5, 5.41) is 9.13. The molecule has 1 unspecified atom stereocenters. The highest BCUT2D eigenvalue weighted by molar-refractivity contribution is 5.92. The molecule has 2 heterocycles. The average molecular weight is 266 g/mol. The van der Waals surface area contributed by atoms with E-state index in [1.54, 1.807) is 6.07 Å². The predicted octanol–water partition coefficient (Wildman–Crippen LogP) is 0.0371. The minimum absolute atomic E-state index is 0.0333. The van der Waals surface area contributed by atoms with Crippen LogP contribution in [0.2, 0.25) is 0 Å². The second kappa shape index (κ2) is 5.13. The van der Waals surface area contributed by atoms with Crippen molar-refractivity contribution >= 4 is 17.8 Å². The minimum atomic E-state index is -1.12. The Morgan fingerprint density at radius 3 is 2.63 bits per heavy atom. The zero-order valence-electron chi connectivity index (χ0n) is 10.4. The number of carboxylic acids is 1. The molecule has 1 aromatic heterocycles. The zero-order chi connectivity index (χ0) is 14.0. The third kappa shape index (κ3) is 2.59. The highest BCUT2D eigenvalue weighted by atomic mass is 16.4. The lowest BCUT2D eigenvalue weighted by Crippen LogP contribution is -2.58. The van der Waals surface area contributed by atoms with E-state index in [9.17, 15) is 14.4 Å². The summed E-state index contributed by atoms with van der Waals surface area (Å²) >= 11 is 0. The van der Waals surface area contributed by atoms with Gasteiger partial charge in [-0.25, -0.2) is 4.79 Å². The second-order valence-corrected chi connectivity index (χ2v) is 4.29. The fourth-order valence-electron chi connectivity index (χ4n) is 2.11. The number of nitrogens with zero attached hydrogens (tertiary/aromatic N) is 2. The van der Waals surface area contributed by atoms with Crippen molar-refractivity contribution in [1.82, 2.24) is 9.80 Å². The Bertz CT molecular complexity index is 496. The maximum atomic E-state index is 12.0. The van der Waals surface area contributed by atoms with Crippen molar-refractivity contribution in [3.63, 3.8) is 0 Å². The lowest BCUT2D eigenvalue weighted by atomic mass is 10.1. The molecule has 0 radical (unpaired) electrons. The van der Waals surface area contributed by atoms with Gasteiger partial charge in [-0.15, -0.1) is 0 Å². The summed E-state index contributed by atoms with van der Waals surface area (Å²) in [6.45, 7) is 1.79. The molecule has 7 nitrogen and oxygen atoms in total. The van der Waals surface area contributed by atoms with Crippen LogP contribution in [0.1, 0.15) is 17.5 Å². The number of carbonyl (C=O) groups excluding carboxylic acids is 2. The Kier molecular flexibility index (Phi) is 3.55. The monoisotopic (exact) mass is 266 g/mol. The number of carbonyl (C=O) groups is 3. The number of furan rings is 1. The van der Waals surface area contributed by atoms with E-state index in [4.69, 9.17) is 9.52 Å². The number of amides is 2. The van der Waals surface area contributed by atoms with Gasteiger partial charge in [0.15, 0.2) is 5.76 Å². The molecule has 0 aliphatic carbocycles. The van der Waals surface area contributed by atoms with Crippen LogP contribution in [0.5, 0.6) is 0 Å². The van der Waals surface area contributed by atoms with Crippen LogP contribution in [0.4, 0.5) is 0 Å². The van der Waals surface area contributed by atoms with Crippen LogP contribution in [-0.2, 0) is 9.59 Å². The molecule has 1 aliphatic heterocycles. The highest BCUT2D eigenvalue weighted by Crippen LogP contribution is 2.14. The number of carboxylic acid groups (broad SMARTS) is 1. The third-order valence-corrected chi connectivity index (χ3v) is 3.09. The molecule has 0 saturated carbocycles. The summed E-state index contributed by atoms with van der Waals surface area (Å²) < 4.78 is 5.00. The first kappa shape index (κ1) is 13.1. The van der Waals surface area contributed by atoms with Crippen molar-refractivity contribution in [2.45, 2.75) is 13.0 Å². The molecule has 0 spiro atoms. The van der Waals surface area contributed by atoms with Crippen molar-refractivity contribution in [2.75, 3.05) is 19.6 Å². The van der Waals surface area contributed by atoms with Gasteiger partial charge in [-0.1, -0.05) is 0 Å². The van der Waals surface area contributed by atoms with Gasteiger partial charge < -0.3 is 19.3 Å². The van der Waals surface area contributed by atoms with Gasteiger partial charge in [0.25, 0.3) is 5.91 Å². The highest BCUT2D eigenvalue weighted by Gasteiger charge is 2.36. The first-order valence-electron chi connectivity index (χ1n) is 5.83. The molecule has 2 rings (SSSR count).